The lowest BCUT2D eigenvalue weighted by Crippen LogP contribution is -2.37. The number of rotatable bonds is 6. The molecule has 0 aromatic carbocycles. The summed E-state index contributed by atoms with van der Waals surface area (Å²) in [5.41, 5.74) is -1.62. The number of unbranched alkanes of at least 4 members (excludes halogenated alkanes) is 2. The number of hydrogen-bond donors (Lipinski definition) is 1. The molecule has 0 aliphatic rings. The van der Waals surface area contributed by atoms with Crippen LogP contribution in [-0.2, 0) is 6.54 Å². The molecular weight excluding hydrogens is 267 g/mol. The summed E-state index contributed by atoms with van der Waals surface area (Å²) in [6.07, 6.45) is 4.61. The van der Waals surface area contributed by atoms with Crippen molar-refractivity contribution in [1.29, 1.82) is 0 Å². The molecule has 1 heterocycles. The van der Waals surface area contributed by atoms with Gasteiger partial charge in [-0.2, -0.15) is 16.2 Å². The molecule has 0 saturated carbocycles. The first-order chi connectivity index (χ1) is 8.07. The molecule has 1 aromatic heterocycles. The van der Waals surface area contributed by atoms with E-state index in [4.69, 9.17) is 11.6 Å². The molecule has 0 aliphatic heterocycles. The lowest BCUT2D eigenvalue weighted by Gasteiger charge is -2.04. The molecule has 0 saturated heterocycles. The van der Waals surface area contributed by atoms with Gasteiger partial charge in [0.2, 0.25) is 5.82 Å². The molecule has 0 spiro atoms. The second-order valence-corrected chi connectivity index (χ2v) is 4.93. The number of halogens is 2. The fourth-order valence-electron chi connectivity index (χ4n) is 1.42. The van der Waals surface area contributed by atoms with Crippen molar-refractivity contribution in [1.82, 2.24) is 9.55 Å². The summed E-state index contributed by atoms with van der Waals surface area (Å²) in [5, 5.41) is -0.529. The topological polar surface area (TPSA) is 54.9 Å². The first kappa shape index (κ1) is 14.3. The highest BCUT2D eigenvalue weighted by Gasteiger charge is 2.11. The number of nitrogens with one attached hydrogen (secondary N) is 1. The maximum atomic E-state index is 13.2. The van der Waals surface area contributed by atoms with E-state index in [2.05, 4.69) is 4.98 Å². The Labute approximate surface area is 107 Å². The van der Waals surface area contributed by atoms with Crippen molar-refractivity contribution in [2.45, 2.75) is 25.8 Å². The number of thioether (sulfide) groups is 1. The van der Waals surface area contributed by atoms with Crippen LogP contribution in [0.5, 0.6) is 0 Å². The molecule has 1 aromatic rings. The zero-order chi connectivity index (χ0) is 12.8. The van der Waals surface area contributed by atoms with Crippen molar-refractivity contribution in [2.24, 2.45) is 0 Å². The van der Waals surface area contributed by atoms with E-state index in [1.54, 1.807) is 11.8 Å². The highest BCUT2D eigenvalue weighted by atomic mass is 35.5. The van der Waals surface area contributed by atoms with Crippen LogP contribution in [0.15, 0.2) is 9.59 Å². The summed E-state index contributed by atoms with van der Waals surface area (Å²) in [5.74, 6) is -0.0596. The fourth-order valence-corrected chi connectivity index (χ4v) is 2.07. The third kappa shape index (κ3) is 3.89. The van der Waals surface area contributed by atoms with E-state index in [-0.39, 0.29) is 6.54 Å². The van der Waals surface area contributed by atoms with Crippen LogP contribution in [0.2, 0.25) is 5.15 Å². The van der Waals surface area contributed by atoms with Crippen molar-refractivity contribution in [3.05, 3.63) is 31.8 Å². The molecule has 0 radical (unpaired) electrons. The molecule has 96 valence electrons. The Morgan fingerprint density at radius 2 is 2.06 bits per heavy atom. The lowest BCUT2D eigenvalue weighted by atomic mass is 10.2. The maximum Gasteiger partial charge on any atom is 0.329 e. The van der Waals surface area contributed by atoms with Crippen LogP contribution >= 0.6 is 23.4 Å². The quantitative estimate of drug-likeness (QED) is 0.639. The predicted molar refractivity (Wildman–Crippen MR) is 68.5 cm³/mol. The minimum Gasteiger partial charge on any atom is -0.295 e. The summed E-state index contributed by atoms with van der Waals surface area (Å²) in [6, 6.07) is 0. The Bertz CT molecular complexity index is 486. The van der Waals surface area contributed by atoms with Crippen LogP contribution in [0.3, 0.4) is 0 Å². The van der Waals surface area contributed by atoms with Gasteiger partial charge in [0, 0.05) is 6.54 Å². The van der Waals surface area contributed by atoms with E-state index >= 15 is 0 Å². The van der Waals surface area contributed by atoms with Crippen molar-refractivity contribution in [3.8, 4) is 0 Å². The molecule has 0 atom stereocenters. The first-order valence-electron chi connectivity index (χ1n) is 5.25. The third-order valence-corrected chi connectivity index (χ3v) is 3.27. The summed E-state index contributed by atoms with van der Waals surface area (Å²) >= 11 is 7.09. The van der Waals surface area contributed by atoms with E-state index in [1.165, 1.54) is 0 Å². The van der Waals surface area contributed by atoms with Crippen molar-refractivity contribution in [3.63, 3.8) is 0 Å². The molecule has 0 unspecified atom stereocenters. The molecule has 4 nitrogen and oxygen atoms in total. The molecule has 0 aliphatic carbocycles. The van der Waals surface area contributed by atoms with Crippen LogP contribution in [0.1, 0.15) is 19.3 Å². The van der Waals surface area contributed by atoms with Crippen LogP contribution < -0.4 is 11.2 Å². The first-order valence-corrected chi connectivity index (χ1v) is 7.02. The Hall–Kier alpha value is -0.750. The van der Waals surface area contributed by atoms with E-state index < -0.39 is 22.2 Å². The molecule has 1 rings (SSSR count). The molecule has 17 heavy (non-hydrogen) atoms. The standard InChI is InChI=1S/C10H14ClFN2O2S/c1-17-6-4-2-3-5-14-9(15)7(12)8(11)13-10(14)16/h2-6H2,1H3,(H,13,16). The smallest absolute Gasteiger partial charge is 0.295 e. The van der Waals surface area contributed by atoms with Gasteiger partial charge in [-0.05, 0) is 24.9 Å². The van der Waals surface area contributed by atoms with Crippen molar-refractivity contribution >= 4 is 23.4 Å². The van der Waals surface area contributed by atoms with Gasteiger partial charge in [0.1, 0.15) is 0 Å². The Morgan fingerprint density at radius 1 is 1.35 bits per heavy atom. The molecule has 0 fully saturated rings. The summed E-state index contributed by atoms with van der Waals surface area (Å²) < 4.78 is 14.0. The minimum atomic E-state index is -1.10. The van der Waals surface area contributed by atoms with Gasteiger partial charge in [-0.3, -0.25) is 14.3 Å². The summed E-state index contributed by atoms with van der Waals surface area (Å²) in [6.45, 7) is 0.219. The average molecular weight is 281 g/mol. The van der Waals surface area contributed by atoms with Crippen LogP contribution in [-0.4, -0.2) is 21.6 Å². The van der Waals surface area contributed by atoms with Crippen LogP contribution in [0.25, 0.3) is 0 Å². The van der Waals surface area contributed by atoms with Gasteiger partial charge < -0.3 is 0 Å². The van der Waals surface area contributed by atoms with Gasteiger partial charge in [0.15, 0.2) is 5.15 Å². The van der Waals surface area contributed by atoms with E-state index in [9.17, 15) is 14.0 Å². The largest absolute Gasteiger partial charge is 0.329 e. The highest BCUT2D eigenvalue weighted by Crippen LogP contribution is 2.04. The molecular formula is C10H14ClFN2O2S. The van der Waals surface area contributed by atoms with Gasteiger partial charge in [-0.1, -0.05) is 18.0 Å². The zero-order valence-electron chi connectivity index (χ0n) is 9.46. The number of hydrogen-bond acceptors (Lipinski definition) is 3. The summed E-state index contributed by atoms with van der Waals surface area (Å²) in [4.78, 5) is 24.9. The normalized spacial score (nSPS) is 10.8. The maximum absolute atomic E-state index is 13.2. The van der Waals surface area contributed by atoms with Gasteiger partial charge in [-0.15, -0.1) is 0 Å². The lowest BCUT2D eigenvalue weighted by molar-refractivity contribution is 0.516. The van der Waals surface area contributed by atoms with Gasteiger partial charge in [-0.25, -0.2) is 4.79 Å². The highest BCUT2D eigenvalue weighted by molar-refractivity contribution is 7.98. The van der Waals surface area contributed by atoms with Crippen LogP contribution in [0, 0.1) is 5.82 Å². The third-order valence-electron chi connectivity index (χ3n) is 2.32. The van der Waals surface area contributed by atoms with E-state index in [1.807, 2.05) is 6.26 Å². The predicted octanol–water partition coefficient (Wildman–Crippen LogP) is 1.86. The van der Waals surface area contributed by atoms with Crippen molar-refractivity contribution < 1.29 is 4.39 Å². The fraction of sp³-hybridized carbons (Fsp3) is 0.600. The minimum absolute atomic E-state index is 0.219. The zero-order valence-corrected chi connectivity index (χ0v) is 11.0. The average Bonchev–Trinajstić information content (AvgIpc) is 2.30. The number of H-pyrrole nitrogens is 1. The van der Waals surface area contributed by atoms with Crippen molar-refractivity contribution in [2.75, 3.05) is 12.0 Å². The Kier molecular flexibility index (Phi) is 5.77. The van der Waals surface area contributed by atoms with E-state index in [0.29, 0.717) is 6.42 Å². The monoisotopic (exact) mass is 280 g/mol. The molecule has 7 heteroatoms. The van der Waals surface area contributed by atoms with Crippen LogP contribution in [0.4, 0.5) is 4.39 Å². The van der Waals surface area contributed by atoms with E-state index in [0.717, 1.165) is 23.2 Å². The SMILES string of the molecule is CSCCCCCn1c(=O)[nH]c(Cl)c(F)c1=O. The second kappa shape index (κ2) is 6.86. The molecule has 0 amide bonds. The number of nitrogens with zero attached hydrogens (tertiary/aromatic N) is 1. The number of aromatic amines is 1. The summed E-state index contributed by atoms with van der Waals surface area (Å²) in [7, 11) is 0. The van der Waals surface area contributed by atoms with Gasteiger partial charge >= 0.3 is 5.69 Å². The van der Waals surface area contributed by atoms with Gasteiger partial charge in [0.05, 0.1) is 0 Å². The Morgan fingerprint density at radius 3 is 2.71 bits per heavy atom. The van der Waals surface area contributed by atoms with Gasteiger partial charge in [0.25, 0.3) is 5.56 Å². The molecule has 1 N–H and O–H groups in total. The number of aromatic nitrogens is 2. The molecule has 0 bridgehead atoms. The second-order valence-electron chi connectivity index (χ2n) is 3.57. The Balaban J connectivity index is 2.69.